The lowest BCUT2D eigenvalue weighted by Crippen LogP contribution is -2.62. The van der Waals surface area contributed by atoms with Gasteiger partial charge < -0.3 is 20.6 Å². The molecule has 3 N–H and O–H groups in total. The van der Waals surface area contributed by atoms with Gasteiger partial charge in [0.05, 0.1) is 11.6 Å². The van der Waals surface area contributed by atoms with Crippen LogP contribution >= 0.6 is 15.9 Å². The van der Waals surface area contributed by atoms with Crippen LogP contribution in [0.4, 0.5) is 16.6 Å². The molecule has 2 aromatic heterocycles. The van der Waals surface area contributed by atoms with Crippen molar-refractivity contribution in [1.29, 1.82) is 0 Å². The summed E-state index contributed by atoms with van der Waals surface area (Å²) in [5.41, 5.74) is 7.04. The molecule has 134 valence electrons. The molecule has 0 radical (unpaired) electrons. The third-order valence-electron chi connectivity index (χ3n) is 3.99. The maximum absolute atomic E-state index is 11.6. The van der Waals surface area contributed by atoms with Gasteiger partial charge >= 0.3 is 6.09 Å². The molecule has 0 unspecified atom stereocenters. The van der Waals surface area contributed by atoms with Gasteiger partial charge in [0, 0.05) is 30.3 Å². The van der Waals surface area contributed by atoms with Crippen LogP contribution in [0.5, 0.6) is 0 Å². The van der Waals surface area contributed by atoms with E-state index in [1.807, 2.05) is 31.7 Å². The van der Waals surface area contributed by atoms with Gasteiger partial charge in [0.1, 0.15) is 5.52 Å². The number of amides is 1. The first-order chi connectivity index (χ1) is 11.6. The van der Waals surface area contributed by atoms with Gasteiger partial charge in [-0.25, -0.2) is 14.8 Å². The number of hydrogen-bond acceptors (Lipinski definition) is 6. The molecule has 8 nitrogen and oxygen atoms in total. The van der Waals surface area contributed by atoms with Crippen LogP contribution < -0.4 is 10.6 Å². The van der Waals surface area contributed by atoms with Gasteiger partial charge in [-0.1, -0.05) is 20.8 Å². The number of nitrogen functional groups attached to an aromatic ring is 1. The predicted octanol–water partition coefficient (Wildman–Crippen LogP) is 2.58. The molecule has 25 heavy (non-hydrogen) atoms. The number of aromatic nitrogens is 3. The second-order valence-electron chi connectivity index (χ2n) is 7.46. The van der Waals surface area contributed by atoms with Crippen LogP contribution in [0.25, 0.3) is 11.0 Å². The van der Waals surface area contributed by atoms with Gasteiger partial charge in [-0.15, -0.1) is 0 Å². The van der Waals surface area contributed by atoms with E-state index >= 15 is 0 Å². The summed E-state index contributed by atoms with van der Waals surface area (Å²) < 4.78 is 0.813. The Morgan fingerprint density at radius 1 is 1.44 bits per heavy atom. The van der Waals surface area contributed by atoms with E-state index < -0.39 is 6.09 Å². The smallest absolute Gasteiger partial charge is 0.407 e. The summed E-state index contributed by atoms with van der Waals surface area (Å²) in [5.74, 6) is 0.822. The van der Waals surface area contributed by atoms with Crippen LogP contribution in [-0.2, 0) is 0 Å². The van der Waals surface area contributed by atoms with E-state index in [1.54, 1.807) is 6.20 Å². The summed E-state index contributed by atoms with van der Waals surface area (Å²) in [6.45, 7) is 7.69. The fourth-order valence-corrected chi connectivity index (χ4v) is 3.22. The average Bonchev–Trinajstić information content (AvgIpc) is 2.42. The van der Waals surface area contributed by atoms with Crippen LogP contribution in [0.15, 0.2) is 16.7 Å². The molecule has 1 aliphatic heterocycles. The van der Waals surface area contributed by atoms with E-state index in [0.717, 1.165) is 4.47 Å². The summed E-state index contributed by atoms with van der Waals surface area (Å²) in [4.78, 5) is 28.0. The van der Waals surface area contributed by atoms with Crippen molar-refractivity contribution in [2.45, 2.75) is 26.8 Å². The Morgan fingerprint density at radius 2 is 2.12 bits per heavy atom. The molecule has 2 aromatic rings. The number of anilines is 2. The average molecular weight is 409 g/mol. The molecule has 9 heteroatoms. The summed E-state index contributed by atoms with van der Waals surface area (Å²) >= 11 is 3.37. The third-order valence-corrected chi connectivity index (χ3v) is 4.43. The SMILES string of the molecule is CC(C)(C)CN(C(=O)O)C1CN(c2nc(N)nc3cc(Br)cnc23)C1. The third kappa shape index (κ3) is 3.76. The topological polar surface area (TPSA) is 108 Å². The number of carbonyl (C=O) groups is 1. The van der Waals surface area contributed by atoms with Gasteiger partial charge in [0.25, 0.3) is 0 Å². The van der Waals surface area contributed by atoms with Crippen molar-refractivity contribution >= 4 is 44.8 Å². The zero-order valence-electron chi connectivity index (χ0n) is 14.4. The number of rotatable bonds is 3. The molecule has 0 atom stereocenters. The second-order valence-corrected chi connectivity index (χ2v) is 8.37. The normalized spacial score (nSPS) is 15.3. The van der Waals surface area contributed by atoms with Gasteiger partial charge in [-0.2, -0.15) is 4.98 Å². The van der Waals surface area contributed by atoms with E-state index in [1.165, 1.54) is 4.90 Å². The Hall–Kier alpha value is -2.16. The van der Waals surface area contributed by atoms with Crippen molar-refractivity contribution in [3.8, 4) is 0 Å². The Morgan fingerprint density at radius 3 is 2.72 bits per heavy atom. The van der Waals surface area contributed by atoms with Crippen LogP contribution in [0.3, 0.4) is 0 Å². The van der Waals surface area contributed by atoms with Crippen molar-refractivity contribution in [3.05, 3.63) is 16.7 Å². The van der Waals surface area contributed by atoms with Crippen LogP contribution in [0, 0.1) is 5.41 Å². The first kappa shape index (κ1) is 17.7. The van der Waals surface area contributed by atoms with E-state index in [2.05, 4.69) is 30.9 Å². The number of hydrogen-bond donors (Lipinski definition) is 2. The summed E-state index contributed by atoms with van der Waals surface area (Å²) in [7, 11) is 0. The van der Waals surface area contributed by atoms with Crippen molar-refractivity contribution < 1.29 is 9.90 Å². The molecule has 0 bridgehead atoms. The Labute approximate surface area is 154 Å². The van der Waals surface area contributed by atoms with Crippen molar-refractivity contribution in [1.82, 2.24) is 19.9 Å². The van der Waals surface area contributed by atoms with Gasteiger partial charge in [0.15, 0.2) is 5.82 Å². The number of nitrogens with two attached hydrogens (primary N) is 1. The molecule has 0 aromatic carbocycles. The van der Waals surface area contributed by atoms with E-state index in [9.17, 15) is 9.90 Å². The minimum absolute atomic E-state index is 0.0709. The lowest BCUT2D eigenvalue weighted by atomic mass is 9.94. The summed E-state index contributed by atoms with van der Waals surface area (Å²) in [6.07, 6.45) is 0.792. The highest BCUT2D eigenvalue weighted by molar-refractivity contribution is 9.10. The first-order valence-corrected chi connectivity index (χ1v) is 8.76. The maximum Gasteiger partial charge on any atom is 0.407 e. The van der Waals surface area contributed by atoms with Crippen molar-refractivity contribution in [2.24, 2.45) is 5.41 Å². The van der Waals surface area contributed by atoms with E-state index in [0.29, 0.717) is 36.5 Å². The van der Waals surface area contributed by atoms with Crippen LogP contribution in [0.1, 0.15) is 20.8 Å². The van der Waals surface area contributed by atoms with Gasteiger partial charge in [-0.3, -0.25) is 0 Å². The second kappa shape index (κ2) is 6.29. The van der Waals surface area contributed by atoms with Gasteiger partial charge in [-0.05, 0) is 27.4 Å². The summed E-state index contributed by atoms with van der Waals surface area (Å²) in [5, 5.41) is 9.52. The highest BCUT2D eigenvalue weighted by atomic mass is 79.9. The minimum atomic E-state index is -0.895. The highest BCUT2D eigenvalue weighted by Gasteiger charge is 2.38. The maximum atomic E-state index is 11.6. The number of carboxylic acid groups (broad SMARTS) is 1. The molecule has 1 aliphatic rings. The van der Waals surface area contributed by atoms with Crippen LogP contribution in [-0.4, -0.2) is 56.7 Å². The molecule has 3 heterocycles. The molecule has 0 saturated carbocycles. The monoisotopic (exact) mass is 408 g/mol. The van der Waals surface area contributed by atoms with E-state index in [4.69, 9.17) is 5.73 Å². The number of fused-ring (bicyclic) bond motifs is 1. The fraction of sp³-hybridized carbons (Fsp3) is 0.500. The predicted molar refractivity (Wildman–Crippen MR) is 99.6 cm³/mol. The standard InChI is InChI=1S/C16H21BrN6O2/c1-16(2,3)8-23(15(24)25)10-6-22(7-10)13-12-11(20-14(18)21-13)4-9(17)5-19-12/h4-5,10H,6-8H2,1-3H3,(H,24,25)(H2,18,20,21). The van der Waals surface area contributed by atoms with Crippen molar-refractivity contribution in [2.75, 3.05) is 30.3 Å². The molecule has 1 saturated heterocycles. The summed E-state index contributed by atoms with van der Waals surface area (Å²) in [6, 6.07) is 1.77. The largest absolute Gasteiger partial charge is 0.465 e. The molecule has 0 spiro atoms. The van der Waals surface area contributed by atoms with Gasteiger partial charge in [0.2, 0.25) is 5.95 Å². The Balaban J connectivity index is 1.82. The highest BCUT2D eigenvalue weighted by Crippen LogP contribution is 2.30. The van der Waals surface area contributed by atoms with Crippen molar-refractivity contribution in [3.63, 3.8) is 0 Å². The molecule has 1 fully saturated rings. The zero-order valence-corrected chi connectivity index (χ0v) is 16.0. The number of pyridine rings is 1. The molecular formula is C16H21BrN6O2. The first-order valence-electron chi connectivity index (χ1n) is 7.97. The fourth-order valence-electron chi connectivity index (χ4n) is 2.91. The van der Waals surface area contributed by atoms with E-state index in [-0.39, 0.29) is 17.4 Å². The number of nitrogens with zero attached hydrogens (tertiary/aromatic N) is 5. The lowest BCUT2D eigenvalue weighted by molar-refractivity contribution is 0.0921. The minimum Gasteiger partial charge on any atom is -0.465 e. The quantitative estimate of drug-likeness (QED) is 0.802. The molecule has 1 amide bonds. The Bertz CT molecular complexity index is 811. The molecule has 0 aliphatic carbocycles. The Kier molecular flexibility index (Phi) is 4.44. The lowest BCUT2D eigenvalue weighted by Gasteiger charge is -2.46. The van der Waals surface area contributed by atoms with Crippen LogP contribution in [0.2, 0.25) is 0 Å². The molecular weight excluding hydrogens is 388 g/mol. The number of halogens is 1. The zero-order chi connectivity index (χ0) is 18.4. The molecule has 3 rings (SSSR count).